The molecule has 0 saturated heterocycles. The van der Waals surface area contributed by atoms with E-state index in [-0.39, 0.29) is 11.6 Å². The molecule has 3 aromatic carbocycles. The Morgan fingerprint density at radius 2 is 1.64 bits per heavy atom. The van der Waals surface area contributed by atoms with Gasteiger partial charge in [-0.2, -0.15) is 5.10 Å². The van der Waals surface area contributed by atoms with Gasteiger partial charge in [0.15, 0.2) is 0 Å². The molecule has 0 spiro atoms. The van der Waals surface area contributed by atoms with Gasteiger partial charge >= 0.3 is 0 Å². The van der Waals surface area contributed by atoms with Gasteiger partial charge in [-0.3, -0.25) is 0 Å². The SMILES string of the molecule is Cc1ccc(F)cc1Oc1ccc2c(cnn2-c2ccc(F)cc2)c1. The molecule has 0 aliphatic carbocycles. The molecule has 0 unspecified atom stereocenters. The van der Waals surface area contributed by atoms with Crippen LogP contribution in [0.3, 0.4) is 0 Å². The van der Waals surface area contributed by atoms with Crippen molar-refractivity contribution in [2.24, 2.45) is 0 Å². The van der Waals surface area contributed by atoms with Crippen molar-refractivity contribution in [3.05, 3.63) is 84.1 Å². The van der Waals surface area contributed by atoms with Gasteiger partial charge in [-0.1, -0.05) is 6.07 Å². The first-order valence-corrected chi connectivity index (χ1v) is 7.78. The molecule has 4 rings (SSSR count). The number of ether oxygens (including phenoxy) is 1. The zero-order chi connectivity index (χ0) is 17.4. The van der Waals surface area contributed by atoms with Crippen LogP contribution in [-0.2, 0) is 0 Å². The molecule has 0 radical (unpaired) electrons. The summed E-state index contributed by atoms with van der Waals surface area (Å²) in [5.74, 6) is 0.442. The van der Waals surface area contributed by atoms with Crippen LogP contribution >= 0.6 is 0 Å². The van der Waals surface area contributed by atoms with Crippen LogP contribution in [0.2, 0.25) is 0 Å². The zero-order valence-corrected chi connectivity index (χ0v) is 13.4. The summed E-state index contributed by atoms with van der Waals surface area (Å²) >= 11 is 0. The Morgan fingerprint density at radius 1 is 0.880 bits per heavy atom. The fourth-order valence-corrected chi connectivity index (χ4v) is 2.67. The number of hydrogen-bond acceptors (Lipinski definition) is 2. The molecule has 0 N–H and O–H groups in total. The van der Waals surface area contributed by atoms with Crippen LogP contribution in [0.4, 0.5) is 8.78 Å². The predicted octanol–water partition coefficient (Wildman–Crippen LogP) is 5.40. The molecule has 3 nitrogen and oxygen atoms in total. The summed E-state index contributed by atoms with van der Waals surface area (Å²) in [6.07, 6.45) is 1.71. The van der Waals surface area contributed by atoms with Crippen LogP contribution in [0.5, 0.6) is 11.5 Å². The van der Waals surface area contributed by atoms with Gasteiger partial charge in [0.05, 0.1) is 17.4 Å². The predicted molar refractivity (Wildman–Crippen MR) is 92.2 cm³/mol. The van der Waals surface area contributed by atoms with Crippen molar-refractivity contribution in [2.75, 3.05) is 0 Å². The highest BCUT2D eigenvalue weighted by atomic mass is 19.1. The number of benzene rings is 3. The first-order valence-electron chi connectivity index (χ1n) is 7.78. The Balaban J connectivity index is 1.70. The number of hydrogen-bond donors (Lipinski definition) is 0. The molecular weight excluding hydrogens is 322 g/mol. The van der Waals surface area contributed by atoms with Crippen molar-refractivity contribution < 1.29 is 13.5 Å². The normalized spacial score (nSPS) is 11.0. The Labute approximate surface area is 143 Å². The number of fused-ring (bicyclic) bond motifs is 1. The number of aryl methyl sites for hydroxylation is 1. The van der Waals surface area contributed by atoms with Gasteiger partial charge in [0.25, 0.3) is 0 Å². The maximum absolute atomic E-state index is 13.4. The summed E-state index contributed by atoms with van der Waals surface area (Å²) in [5.41, 5.74) is 2.49. The van der Waals surface area contributed by atoms with Crippen molar-refractivity contribution in [1.29, 1.82) is 0 Å². The van der Waals surface area contributed by atoms with Crippen LogP contribution < -0.4 is 4.74 Å². The highest BCUT2D eigenvalue weighted by molar-refractivity contribution is 5.81. The Morgan fingerprint density at radius 3 is 2.44 bits per heavy atom. The zero-order valence-electron chi connectivity index (χ0n) is 13.4. The fraction of sp³-hybridized carbons (Fsp3) is 0.0500. The van der Waals surface area contributed by atoms with Crippen LogP contribution in [0, 0.1) is 18.6 Å². The summed E-state index contributed by atoms with van der Waals surface area (Å²) < 4.78 is 34.0. The maximum atomic E-state index is 13.4. The minimum atomic E-state index is -0.342. The average molecular weight is 336 g/mol. The summed E-state index contributed by atoms with van der Waals surface area (Å²) in [4.78, 5) is 0. The van der Waals surface area contributed by atoms with Crippen molar-refractivity contribution >= 4 is 10.9 Å². The van der Waals surface area contributed by atoms with E-state index in [9.17, 15) is 8.78 Å². The van der Waals surface area contributed by atoms with Gasteiger partial charge in [0, 0.05) is 11.5 Å². The number of halogens is 2. The standard InChI is InChI=1S/C20H14F2N2O/c1-13-2-3-16(22)11-20(13)25-18-8-9-19-14(10-18)12-23-24(19)17-6-4-15(21)5-7-17/h2-12H,1H3. The molecule has 0 bridgehead atoms. The third-order valence-electron chi connectivity index (χ3n) is 3.99. The molecule has 1 heterocycles. The average Bonchev–Trinajstić information content (AvgIpc) is 3.02. The quantitative estimate of drug-likeness (QED) is 0.500. The lowest BCUT2D eigenvalue weighted by atomic mass is 10.2. The Kier molecular flexibility index (Phi) is 3.69. The minimum Gasteiger partial charge on any atom is -0.457 e. The summed E-state index contributed by atoms with van der Waals surface area (Å²) in [6.45, 7) is 1.86. The fourth-order valence-electron chi connectivity index (χ4n) is 2.67. The highest BCUT2D eigenvalue weighted by Crippen LogP contribution is 2.29. The van der Waals surface area contributed by atoms with Crippen molar-refractivity contribution in [2.45, 2.75) is 6.92 Å². The molecular formula is C20H14F2N2O. The molecule has 0 aliphatic rings. The first-order chi connectivity index (χ1) is 12.1. The maximum Gasteiger partial charge on any atom is 0.133 e. The summed E-state index contributed by atoms with van der Waals surface area (Å²) in [6, 6.07) is 16.1. The lowest BCUT2D eigenvalue weighted by molar-refractivity contribution is 0.473. The molecule has 0 atom stereocenters. The molecule has 25 heavy (non-hydrogen) atoms. The first kappa shape index (κ1) is 15.3. The lowest BCUT2D eigenvalue weighted by Gasteiger charge is -2.09. The second-order valence-electron chi connectivity index (χ2n) is 5.77. The van der Waals surface area contributed by atoms with Gasteiger partial charge in [-0.05, 0) is 61.0 Å². The van der Waals surface area contributed by atoms with Crippen molar-refractivity contribution in [3.8, 4) is 17.2 Å². The Bertz CT molecular complexity index is 1060. The molecule has 124 valence electrons. The third kappa shape index (κ3) is 2.96. The molecule has 0 saturated carbocycles. The van der Waals surface area contributed by atoms with Gasteiger partial charge in [-0.15, -0.1) is 0 Å². The van der Waals surface area contributed by atoms with E-state index < -0.39 is 0 Å². The smallest absolute Gasteiger partial charge is 0.133 e. The molecule has 4 aromatic rings. The second-order valence-corrected chi connectivity index (χ2v) is 5.77. The molecule has 0 aliphatic heterocycles. The molecule has 0 fully saturated rings. The van der Waals surface area contributed by atoms with Crippen molar-refractivity contribution in [1.82, 2.24) is 9.78 Å². The summed E-state index contributed by atoms with van der Waals surface area (Å²) in [5, 5.41) is 5.22. The van der Waals surface area contributed by atoms with Gasteiger partial charge < -0.3 is 4.74 Å². The highest BCUT2D eigenvalue weighted by Gasteiger charge is 2.08. The van der Waals surface area contributed by atoms with Crippen LogP contribution in [0.15, 0.2) is 66.9 Å². The largest absolute Gasteiger partial charge is 0.457 e. The van der Waals surface area contributed by atoms with Crippen molar-refractivity contribution in [3.63, 3.8) is 0 Å². The number of nitrogens with zero attached hydrogens (tertiary/aromatic N) is 2. The lowest BCUT2D eigenvalue weighted by Crippen LogP contribution is -1.95. The summed E-state index contributed by atoms with van der Waals surface area (Å²) in [7, 11) is 0. The molecule has 1 aromatic heterocycles. The van der Waals surface area contributed by atoms with Crippen LogP contribution in [0.25, 0.3) is 16.6 Å². The minimum absolute atomic E-state index is 0.290. The van der Waals surface area contributed by atoms with E-state index in [0.717, 1.165) is 22.2 Å². The van der Waals surface area contributed by atoms with Gasteiger partial charge in [0.1, 0.15) is 23.1 Å². The second kappa shape index (κ2) is 6.02. The van der Waals surface area contributed by atoms with E-state index in [1.165, 1.54) is 24.3 Å². The number of rotatable bonds is 3. The van der Waals surface area contributed by atoms with E-state index in [2.05, 4.69) is 5.10 Å². The van der Waals surface area contributed by atoms with E-state index in [0.29, 0.717) is 11.5 Å². The van der Waals surface area contributed by atoms with E-state index in [1.807, 2.05) is 19.1 Å². The van der Waals surface area contributed by atoms with E-state index in [4.69, 9.17) is 4.74 Å². The van der Waals surface area contributed by atoms with E-state index in [1.54, 1.807) is 35.1 Å². The third-order valence-corrected chi connectivity index (χ3v) is 3.99. The monoisotopic (exact) mass is 336 g/mol. The van der Waals surface area contributed by atoms with Crippen LogP contribution in [0.1, 0.15) is 5.56 Å². The number of aromatic nitrogens is 2. The molecule has 5 heteroatoms. The molecule has 0 amide bonds. The Hall–Kier alpha value is -3.21. The van der Waals surface area contributed by atoms with E-state index >= 15 is 0 Å². The van der Waals surface area contributed by atoms with Gasteiger partial charge in [-0.25, -0.2) is 13.5 Å². The van der Waals surface area contributed by atoms with Gasteiger partial charge in [0.2, 0.25) is 0 Å². The van der Waals surface area contributed by atoms with Crippen LogP contribution in [-0.4, -0.2) is 9.78 Å². The topological polar surface area (TPSA) is 27.1 Å².